The minimum atomic E-state index is -0.377. The molecule has 2 atom stereocenters. The van der Waals surface area contributed by atoms with Crippen molar-refractivity contribution in [2.24, 2.45) is 5.92 Å². The summed E-state index contributed by atoms with van der Waals surface area (Å²) >= 11 is 0. The lowest BCUT2D eigenvalue weighted by Gasteiger charge is -2.21. The number of hydrogen-bond acceptors (Lipinski definition) is 3. The van der Waals surface area contributed by atoms with E-state index in [9.17, 15) is 10.1 Å². The number of carbonyl (C=O) groups is 1. The van der Waals surface area contributed by atoms with Crippen LogP contribution in [0, 0.1) is 17.2 Å². The van der Waals surface area contributed by atoms with Gasteiger partial charge in [0.05, 0.1) is 6.07 Å². The Kier molecular flexibility index (Phi) is 3.93. The van der Waals surface area contributed by atoms with E-state index in [2.05, 4.69) is 37.3 Å². The molecule has 0 N–H and O–H groups in total. The Hall–Kier alpha value is -2.80. The van der Waals surface area contributed by atoms with Crippen LogP contribution in [0.1, 0.15) is 30.4 Å². The monoisotopic (exact) mass is 332 g/mol. The maximum atomic E-state index is 12.5. The number of fused-ring (bicyclic) bond motifs is 3. The van der Waals surface area contributed by atoms with Gasteiger partial charge in [-0.1, -0.05) is 55.5 Å². The molecule has 25 heavy (non-hydrogen) atoms. The fourth-order valence-corrected chi connectivity index (χ4v) is 4.05. The first-order valence-electron chi connectivity index (χ1n) is 8.70. The number of hydrogen-bond donors (Lipinski definition) is 0. The molecule has 0 bridgehead atoms. The zero-order chi connectivity index (χ0) is 17.4. The van der Waals surface area contributed by atoms with Crippen LogP contribution >= 0.6 is 0 Å². The average molecular weight is 332 g/mol. The number of nitriles is 1. The van der Waals surface area contributed by atoms with Crippen LogP contribution in [0.2, 0.25) is 0 Å². The zero-order valence-corrected chi connectivity index (χ0v) is 14.2. The standard InChI is InChI=1S/C21H20N2O2/c1-14-10-15(11-22)23(12-14)21(24)25-13-20-18-8-4-2-6-16(18)17-7-3-5-9-19(17)20/h2-9,14-15,20H,10,12-13H2,1H3. The number of nitrogens with zero attached hydrogens (tertiary/aromatic N) is 2. The minimum Gasteiger partial charge on any atom is -0.448 e. The molecule has 4 rings (SSSR count). The van der Waals surface area contributed by atoms with Crippen LogP contribution in [0.15, 0.2) is 48.5 Å². The number of likely N-dealkylation sites (tertiary alicyclic amines) is 1. The van der Waals surface area contributed by atoms with Crippen LogP contribution in [0.4, 0.5) is 4.79 Å². The fraction of sp³-hybridized carbons (Fsp3) is 0.333. The maximum Gasteiger partial charge on any atom is 0.410 e. The fourth-order valence-electron chi connectivity index (χ4n) is 4.05. The topological polar surface area (TPSA) is 53.3 Å². The summed E-state index contributed by atoms with van der Waals surface area (Å²) in [6, 6.07) is 18.4. The maximum absolute atomic E-state index is 12.5. The van der Waals surface area contributed by atoms with Crippen LogP contribution in [-0.2, 0) is 4.74 Å². The predicted octanol–water partition coefficient (Wildman–Crippen LogP) is 4.17. The van der Waals surface area contributed by atoms with Gasteiger partial charge in [-0.25, -0.2) is 4.79 Å². The second-order valence-corrected chi connectivity index (χ2v) is 6.94. The van der Waals surface area contributed by atoms with Crippen molar-refractivity contribution < 1.29 is 9.53 Å². The van der Waals surface area contributed by atoms with Gasteiger partial charge in [-0.15, -0.1) is 0 Å². The smallest absolute Gasteiger partial charge is 0.410 e. The Bertz CT molecular complexity index is 809. The van der Waals surface area contributed by atoms with Gasteiger partial charge < -0.3 is 4.74 Å². The minimum absolute atomic E-state index is 0.0527. The van der Waals surface area contributed by atoms with E-state index in [0.717, 1.165) is 6.42 Å². The lowest BCUT2D eigenvalue weighted by molar-refractivity contribution is 0.101. The molecule has 0 aromatic heterocycles. The van der Waals surface area contributed by atoms with Gasteiger partial charge >= 0.3 is 6.09 Å². The third-order valence-corrected chi connectivity index (χ3v) is 5.23. The van der Waals surface area contributed by atoms with E-state index >= 15 is 0 Å². The zero-order valence-electron chi connectivity index (χ0n) is 14.2. The van der Waals surface area contributed by atoms with Gasteiger partial charge in [-0.3, -0.25) is 4.90 Å². The molecule has 0 saturated carbocycles. The van der Waals surface area contributed by atoms with E-state index in [1.807, 2.05) is 24.3 Å². The van der Waals surface area contributed by atoms with Crippen molar-refractivity contribution in [3.8, 4) is 17.2 Å². The van der Waals surface area contributed by atoms with E-state index in [0.29, 0.717) is 19.1 Å². The van der Waals surface area contributed by atoms with E-state index in [-0.39, 0.29) is 18.1 Å². The van der Waals surface area contributed by atoms with Crippen LogP contribution in [-0.4, -0.2) is 30.2 Å². The van der Waals surface area contributed by atoms with Crippen molar-refractivity contribution in [3.63, 3.8) is 0 Å². The normalized spacial score (nSPS) is 21.5. The summed E-state index contributed by atoms with van der Waals surface area (Å²) in [6.45, 7) is 2.95. The number of amides is 1. The molecule has 1 heterocycles. The Labute approximate surface area is 147 Å². The Morgan fingerprint density at radius 2 is 1.76 bits per heavy atom. The molecule has 126 valence electrons. The predicted molar refractivity (Wildman–Crippen MR) is 95.0 cm³/mol. The third kappa shape index (κ3) is 2.66. The van der Waals surface area contributed by atoms with Gasteiger partial charge in [0.15, 0.2) is 0 Å². The highest BCUT2D eigenvalue weighted by Crippen LogP contribution is 2.44. The molecule has 2 aromatic rings. The molecule has 4 heteroatoms. The molecule has 1 amide bonds. The van der Waals surface area contributed by atoms with Crippen molar-refractivity contribution in [3.05, 3.63) is 59.7 Å². The van der Waals surface area contributed by atoms with Crippen LogP contribution in [0.5, 0.6) is 0 Å². The van der Waals surface area contributed by atoms with Crippen molar-refractivity contribution in [1.82, 2.24) is 4.90 Å². The van der Waals surface area contributed by atoms with Crippen molar-refractivity contribution in [1.29, 1.82) is 5.26 Å². The lowest BCUT2D eigenvalue weighted by Crippen LogP contribution is -2.36. The quantitative estimate of drug-likeness (QED) is 0.829. The number of ether oxygens (including phenoxy) is 1. The lowest BCUT2D eigenvalue weighted by atomic mass is 9.98. The SMILES string of the molecule is CC1CC(C#N)N(C(=O)OCC2c3ccccc3-c3ccccc32)C1. The summed E-state index contributed by atoms with van der Waals surface area (Å²) in [6.07, 6.45) is 0.346. The summed E-state index contributed by atoms with van der Waals surface area (Å²) in [5, 5.41) is 9.24. The van der Waals surface area contributed by atoms with Gasteiger partial charge in [-0.2, -0.15) is 5.26 Å². The van der Waals surface area contributed by atoms with Crippen molar-refractivity contribution >= 4 is 6.09 Å². The van der Waals surface area contributed by atoms with Gasteiger partial charge in [0.2, 0.25) is 0 Å². The van der Waals surface area contributed by atoms with Crippen LogP contribution in [0.3, 0.4) is 0 Å². The van der Waals surface area contributed by atoms with Gasteiger partial charge in [-0.05, 0) is 34.6 Å². The van der Waals surface area contributed by atoms with E-state index in [1.54, 1.807) is 4.90 Å². The first-order chi connectivity index (χ1) is 12.2. The van der Waals surface area contributed by atoms with Gasteiger partial charge in [0, 0.05) is 12.5 Å². The third-order valence-electron chi connectivity index (χ3n) is 5.23. The van der Waals surface area contributed by atoms with E-state index < -0.39 is 0 Å². The molecule has 0 spiro atoms. The molecule has 0 radical (unpaired) electrons. The summed E-state index contributed by atoms with van der Waals surface area (Å²) in [4.78, 5) is 14.1. The first kappa shape index (κ1) is 15.7. The van der Waals surface area contributed by atoms with Gasteiger partial charge in [0.25, 0.3) is 0 Å². The van der Waals surface area contributed by atoms with Crippen LogP contribution < -0.4 is 0 Å². The van der Waals surface area contributed by atoms with Gasteiger partial charge in [0.1, 0.15) is 12.6 Å². The molecule has 1 aliphatic heterocycles. The Balaban J connectivity index is 1.54. The first-order valence-corrected chi connectivity index (χ1v) is 8.70. The summed E-state index contributed by atoms with van der Waals surface area (Å²) < 4.78 is 5.64. The molecule has 2 aliphatic rings. The molecular formula is C21H20N2O2. The molecule has 2 unspecified atom stereocenters. The highest BCUT2D eigenvalue weighted by Gasteiger charge is 2.35. The molecule has 1 saturated heterocycles. The number of carbonyl (C=O) groups excluding carboxylic acids is 1. The Morgan fingerprint density at radius 1 is 1.16 bits per heavy atom. The summed E-state index contributed by atoms with van der Waals surface area (Å²) in [7, 11) is 0. The van der Waals surface area contributed by atoms with Crippen molar-refractivity contribution in [2.45, 2.75) is 25.3 Å². The molecule has 1 fully saturated rings. The number of benzene rings is 2. The van der Waals surface area contributed by atoms with E-state index in [4.69, 9.17) is 4.74 Å². The van der Waals surface area contributed by atoms with Crippen molar-refractivity contribution in [2.75, 3.05) is 13.2 Å². The molecular weight excluding hydrogens is 312 g/mol. The highest BCUT2D eigenvalue weighted by atomic mass is 16.6. The molecule has 4 nitrogen and oxygen atoms in total. The average Bonchev–Trinajstić information content (AvgIpc) is 3.18. The second kappa shape index (κ2) is 6.25. The number of rotatable bonds is 2. The van der Waals surface area contributed by atoms with E-state index in [1.165, 1.54) is 22.3 Å². The highest BCUT2D eigenvalue weighted by molar-refractivity contribution is 5.79. The largest absolute Gasteiger partial charge is 0.448 e. The summed E-state index contributed by atoms with van der Waals surface area (Å²) in [5.41, 5.74) is 4.82. The molecule has 2 aromatic carbocycles. The molecule has 1 aliphatic carbocycles. The second-order valence-electron chi connectivity index (χ2n) is 6.94. The van der Waals surface area contributed by atoms with Crippen LogP contribution in [0.25, 0.3) is 11.1 Å². The summed E-state index contributed by atoms with van der Waals surface area (Å²) in [5.74, 6) is 0.391. The Morgan fingerprint density at radius 3 is 2.36 bits per heavy atom.